The van der Waals surface area contributed by atoms with E-state index in [1.807, 2.05) is 50.9 Å². The maximum absolute atomic E-state index is 12.7. The minimum Gasteiger partial charge on any atom is -0.340 e. The predicted octanol–water partition coefficient (Wildman–Crippen LogP) is 2.53. The topological polar surface area (TPSA) is 70.5 Å². The van der Waals surface area contributed by atoms with Crippen molar-refractivity contribution in [1.82, 2.24) is 19.6 Å². The first kappa shape index (κ1) is 22.0. The van der Waals surface area contributed by atoms with Gasteiger partial charge in [0.1, 0.15) is 0 Å². The Kier molecular flexibility index (Phi) is 7.26. The number of hydrogen-bond donors (Lipinski definition) is 1. The molecule has 30 heavy (non-hydrogen) atoms. The SMILES string of the molecule is Cc1nn(C)c(C)c1NC(=O)C(C)N1CCN(C(=O)CCCc2ccccc2)CC1. The molecule has 162 valence electrons. The molecule has 2 heterocycles. The zero-order chi connectivity index (χ0) is 21.7. The van der Waals surface area contributed by atoms with E-state index in [9.17, 15) is 9.59 Å². The third-order valence-electron chi connectivity index (χ3n) is 6.05. The molecular weight excluding hydrogens is 378 g/mol. The summed E-state index contributed by atoms with van der Waals surface area (Å²) in [5, 5.41) is 7.38. The van der Waals surface area contributed by atoms with E-state index in [2.05, 4.69) is 27.4 Å². The van der Waals surface area contributed by atoms with Crippen LogP contribution in [0.2, 0.25) is 0 Å². The van der Waals surface area contributed by atoms with Crippen LogP contribution >= 0.6 is 0 Å². The van der Waals surface area contributed by atoms with Crippen molar-refractivity contribution in [2.24, 2.45) is 7.05 Å². The molecule has 3 rings (SSSR count). The second-order valence-electron chi connectivity index (χ2n) is 8.09. The molecule has 1 aliphatic heterocycles. The predicted molar refractivity (Wildman–Crippen MR) is 118 cm³/mol. The Morgan fingerprint density at radius 2 is 1.77 bits per heavy atom. The van der Waals surface area contributed by atoms with Gasteiger partial charge in [-0.2, -0.15) is 5.10 Å². The quantitative estimate of drug-likeness (QED) is 0.760. The summed E-state index contributed by atoms with van der Waals surface area (Å²) in [5.74, 6) is 0.182. The highest BCUT2D eigenvalue weighted by atomic mass is 16.2. The van der Waals surface area contributed by atoms with Crippen LogP contribution in [0, 0.1) is 13.8 Å². The lowest BCUT2D eigenvalue weighted by Gasteiger charge is -2.37. The minimum absolute atomic E-state index is 0.0307. The van der Waals surface area contributed by atoms with Gasteiger partial charge < -0.3 is 10.2 Å². The molecule has 0 bridgehead atoms. The van der Waals surface area contributed by atoms with E-state index in [1.54, 1.807) is 4.68 Å². The van der Waals surface area contributed by atoms with Crippen LogP contribution in [0.15, 0.2) is 30.3 Å². The van der Waals surface area contributed by atoms with Crippen molar-refractivity contribution in [1.29, 1.82) is 0 Å². The van der Waals surface area contributed by atoms with Gasteiger partial charge >= 0.3 is 0 Å². The number of hydrogen-bond acceptors (Lipinski definition) is 4. The van der Waals surface area contributed by atoms with Gasteiger partial charge in [-0.15, -0.1) is 0 Å². The Bertz CT molecular complexity index is 869. The van der Waals surface area contributed by atoms with E-state index in [0.29, 0.717) is 32.6 Å². The summed E-state index contributed by atoms with van der Waals surface area (Å²) in [6.07, 6.45) is 2.37. The monoisotopic (exact) mass is 411 g/mol. The summed E-state index contributed by atoms with van der Waals surface area (Å²) < 4.78 is 1.78. The van der Waals surface area contributed by atoms with Crippen LogP contribution in [0.5, 0.6) is 0 Å². The number of aryl methyl sites for hydroxylation is 3. The van der Waals surface area contributed by atoms with Gasteiger partial charge in [-0.05, 0) is 39.2 Å². The second-order valence-corrected chi connectivity index (χ2v) is 8.09. The summed E-state index contributed by atoms with van der Waals surface area (Å²) >= 11 is 0. The van der Waals surface area contributed by atoms with Crippen LogP contribution < -0.4 is 5.32 Å². The first-order valence-corrected chi connectivity index (χ1v) is 10.7. The Balaban J connectivity index is 1.43. The number of anilines is 1. The van der Waals surface area contributed by atoms with Gasteiger partial charge in [-0.3, -0.25) is 19.2 Å². The van der Waals surface area contributed by atoms with Crippen LogP contribution in [0.25, 0.3) is 0 Å². The first-order valence-electron chi connectivity index (χ1n) is 10.7. The molecule has 1 aromatic carbocycles. The van der Waals surface area contributed by atoms with E-state index in [-0.39, 0.29) is 17.9 Å². The molecule has 1 atom stereocenters. The highest BCUT2D eigenvalue weighted by Crippen LogP contribution is 2.19. The summed E-state index contributed by atoms with van der Waals surface area (Å²) in [7, 11) is 1.87. The van der Waals surface area contributed by atoms with Crippen molar-refractivity contribution in [3.8, 4) is 0 Å². The van der Waals surface area contributed by atoms with E-state index in [0.717, 1.165) is 29.9 Å². The fraction of sp³-hybridized carbons (Fsp3) is 0.522. The molecule has 1 aliphatic rings. The molecular formula is C23H33N5O2. The van der Waals surface area contributed by atoms with Crippen molar-refractivity contribution < 1.29 is 9.59 Å². The number of carbonyl (C=O) groups is 2. The molecule has 2 amide bonds. The normalized spacial score (nSPS) is 15.8. The number of amides is 2. The number of carbonyl (C=O) groups excluding carboxylic acids is 2. The molecule has 7 nitrogen and oxygen atoms in total. The van der Waals surface area contributed by atoms with Crippen molar-refractivity contribution >= 4 is 17.5 Å². The van der Waals surface area contributed by atoms with Crippen LogP contribution in [-0.4, -0.2) is 63.6 Å². The molecule has 1 fully saturated rings. The van der Waals surface area contributed by atoms with Crippen molar-refractivity contribution in [2.75, 3.05) is 31.5 Å². The largest absolute Gasteiger partial charge is 0.340 e. The standard InChI is InChI=1S/C23H33N5O2/c1-17-22(18(2)26(4)25-17)24-23(30)19(3)27-13-15-28(16-14-27)21(29)12-8-11-20-9-6-5-7-10-20/h5-7,9-10,19H,8,11-16H2,1-4H3,(H,24,30). The lowest BCUT2D eigenvalue weighted by atomic mass is 10.1. The van der Waals surface area contributed by atoms with E-state index >= 15 is 0 Å². The number of nitrogens with one attached hydrogen (secondary N) is 1. The number of benzene rings is 1. The average molecular weight is 412 g/mol. The third-order valence-corrected chi connectivity index (χ3v) is 6.05. The Morgan fingerprint density at radius 1 is 1.10 bits per heavy atom. The fourth-order valence-electron chi connectivity index (χ4n) is 3.95. The number of aromatic nitrogens is 2. The zero-order valence-corrected chi connectivity index (χ0v) is 18.5. The number of piperazine rings is 1. The van der Waals surface area contributed by atoms with E-state index < -0.39 is 0 Å². The van der Waals surface area contributed by atoms with Gasteiger partial charge in [0.25, 0.3) is 0 Å². The zero-order valence-electron chi connectivity index (χ0n) is 18.5. The maximum Gasteiger partial charge on any atom is 0.241 e. The Labute approximate surface area is 179 Å². The minimum atomic E-state index is -0.251. The summed E-state index contributed by atoms with van der Waals surface area (Å²) in [4.78, 5) is 29.4. The molecule has 2 aromatic rings. The second kappa shape index (κ2) is 9.89. The Hall–Kier alpha value is -2.67. The molecule has 0 aliphatic carbocycles. The first-order chi connectivity index (χ1) is 14.4. The van der Waals surface area contributed by atoms with Gasteiger partial charge in [-0.25, -0.2) is 0 Å². The van der Waals surface area contributed by atoms with Crippen LogP contribution in [-0.2, 0) is 23.1 Å². The van der Waals surface area contributed by atoms with Gasteiger partial charge in [0.15, 0.2) is 0 Å². The van der Waals surface area contributed by atoms with Crippen molar-refractivity contribution in [3.63, 3.8) is 0 Å². The maximum atomic E-state index is 12.7. The summed E-state index contributed by atoms with van der Waals surface area (Å²) in [6.45, 7) is 8.54. The highest BCUT2D eigenvalue weighted by molar-refractivity contribution is 5.95. The van der Waals surface area contributed by atoms with E-state index in [1.165, 1.54) is 5.56 Å². The molecule has 7 heteroatoms. The average Bonchev–Trinajstić information content (AvgIpc) is 3.00. The van der Waals surface area contributed by atoms with E-state index in [4.69, 9.17) is 0 Å². The smallest absolute Gasteiger partial charge is 0.241 e. The molecule has 0 radical (unpaired) electrons. The lowest BCUT2D eigenvalue weighted by molar-refractivity contribution is -0.133. The highest BCUT2D eigenvalue weighted by Gasteiger charge is 2.28. The molecule has 1 saturated heterocycles. The van der Waals surface area contributed by atoms with Crippen LogP contribution in [0.3, 0.4) is 0 Å². The van der Waals surface area contributed by atoms with Crippen molar-refractivity contribution in [3.05, 3.63) is 47.3 Å². The molecule has 1 aromatic heterocycles. The van der Waals surface area contributed by atoms with Crippen molar-refractivity contribution in [2.45, 2.75) is 46.1 Å². The van der Waals surface area contributed by atoms with Gasteiger partial charge in [-0.1, -0.05) is 30.3 Å². The summed E-state index contributed by atoms with van der Waals surface area (Å²) in [6, 6.07) is 10.0. The van der Waals surface area contributed by atoms with Gasteiger partial charge in [0.2, 0.25) is 11.8 Å². The van der Waals surface area contributed by atoms with Gasteiger partial charge in [0, 0.05) is 39.6 Å². The number of nitrogens with zero attached hydrogens (tertiary/aromatic N) is 4. The fourth-order valence-corrected chi connectivity index (χ4v) is 3.95. The molecule has 0 spiro atoms. The third kappa shape index (κ3) is 5.27. The molecule has 1 unspecified atom stereocenters. The molecule has 0 saturated carbocycles. The van der Waals surface area contributed by atoms with Crippen LogP contribution in [0.4, 0.5) is 5.69 Å². The lowest BCUT2D eigenvalue weighted by Crippen LogP contribution is -2.54. The Morgan fingerprint density at radius 3 is 2.37 bits per heavy atom. The van der Waals surface area contributed by atoms with Crippen LogP contribution in [0.1, 0.15) is 36.7 Å². The molecule has 1 N–H and O–H groups in total. The summed E-state index contributed by atoms with van der Waals surface area (Å²) in [5.41, 5.74) is 3.83. The van der Waals surface area contributed by atoms with Gasteiger partial charge in [0.05, 0.1) is 23.1 Å². The number of rotatable bonds is 7.